The van der Waals surface area contributed by atoms with Gasteiger partial charge >= 0.3 is 5.97 Å². The highest BCUT2D eigenvalue weighted by Crippen LogP contribution is 2.30. The van der Waals surface area contributed by atoms with Crippen LogP contribution in [0.3, 0.4) is 0 Å². The number of carbonyl (C=O) groups is 1. The number of rotatable bonds is 9. The summed E-state index contributed by atoms with van der Waals surface area (Å²) in [5, 5.41) is 10.2. The third-order valence-corrected chi connectivity index (χ3v) is 3.13. The quantitative estimate of drug-likeness (QED) is 0.500. The first-order chi connectivity index (χ1) is 11.7. The highest BCUT2D eigenvalue weighted by Gasteiger charge is 2.30. The molecular formula is C15H20N2O7. The van der Waals surface area contributed by atoms with E-state index in [-0.39, 0.29) is 36.3 Å². The molecule has 0 bridgehead atoms. The van der Waals surface area contributed by atoms with Crippen molar-refractivity contribution >= 4 is 11.9 Å². The Labute approximate surface area is 139 Å². The van der Waals surface area contributed by atoms with Gasteiger partial charge in [-0.3, -0.25) is 0 Å². The van der Waals surface area contributed by atoms with Gasteiger partial charge in [-0.2, -0.15) is 0 Å². The van der Waals surface area contributed by atoms with E-state index in [1.54, 1.807) is 7.11 Å². The van der Waals surface area contributed by atoms with Gasteiger partial charge in [0.15, 0.2) is 23.2 Å². The molecule has 2 heterocycles. The molecule has 24 heavy (non-hydrogen) atoms. The average Bonchev–Trinajstić information content (AvgIpc) is 3.08. The molecule has 0 radical (unpaired) electrons. The number of methoxy groups -OCH3 is 2. The monoisotopic (exact) mass is 340 g/mol. The van der Waals surface area contributed by atoms with E-state index in [2.05, 4.69) is 14.7 Å². The number of aromatic nitrogens is 1. The second-order valence-corrected chi connectivity index (χ2v) is 4.74. The van der Waals surface area contributed by atoms with Crippen LogP contribution in [-0.2, 0) is 23.7 Å². The van der Waals surface area contributed by atoms with Crippen molar-refractivity contribution in [2.24, 2.45) is 4.99 Å². The van der Waals surface area contributed by atoms with Crippen molar-refractivity contribution in [1.29, 1.82) is 0 Å². The van der Waals surface area contributed by atoms with E-state index in [0.29, 0.717) is 19.8 Å². The molecule has 0 unspecified atom stereocenters. The van der Waals surface area contributed by atoms with Gasteiger partial charge in [0.2, 0.25) is 5.90 Å². The number of carbonyl (C=O) groups excluding carboxylic acids is 1. The fourth-order valence-corrected chi connectivity index (χ4v) is 1.92. The third-order valence-electron chi connectivity index (χ3n) is 3.13. The highest BCUT2D eigenvalue weighted by molar-refractivity contribution is 5.98. The van der Waals surface area contributed by atoms with Crippen LogP contribution in [0.15, 0.2) is 17.3 Å². The molecule has 9 heteroatoms. The highest BCUT2D eigenvalue weighted by atomic mass is 16.5. The molecule has 1 aliphatic heterocycles. The summed E-state index contributed by atoms with van der Waals surface area (Å²) in [7, 11) is 2.86. The van der Waals surface area contributed by atoms with Gasteiger partial charge in [-0.15, -0.1) is 0 Å². The number of ether oxygens (including phenoxy) is 5. The van der Waals surface area contributed by atoms with Crippen LogP contribution >= 0.6 is 0 Å². The van der Waals surface area contributed by atoms with Gasteiger partial charge < -0.3 is 28.8 Å². The molecule has 2 rings (SSSR count). The molecule has 1 atom stereocenters. The number of hydrogen-bond donors (Lipinski definition) is 1. The second kappa shape index (κ2) is 9.04. The van der Waals surface area contributed by atoms with Crippen molar-refractivity contribution < 1.29 is 33.6 Å². The summed E-state index contributed by atoms with van der Waals surface area (Å²) in [4.78, 5) is 19.5. The van der Waals surface area contributed by atoms with E-state index in [1.807, 2.05) is 0 Å². The lowest BCUT2D eigenvalue weighted by molar-refractivity contribution is -0.142. The average molecular weight is 340 g/mol. The molecule has 0 fully saturated rings. The molecular weight excluding hydrogens is 320 g/mol. The summed E-state index contributed by atoms with van der Waals surface area (Å²) in [5.74, 6) is -0.420. The maximum atomic E-state index is 11.5. The van der Waals surface area contributed by atoms with Crippen molar-refractivity contribution in [3.8, 4) is 11.5 Å². The fourth-order valence-electron chi connectivity index (χ4n) is 1.92. The number of pyridine rings is 1. The van der Waals surface area contributed by atoms with E-state index in [0.717, 1.165) is 0 Å². The van der Waals surface area contributed by atoms with E-state index >= 15 is 0 Å². The van der Waals surface area contributed by atoms with Crippen molar-refractivity contribution in [3.05, 3.63) is 18.0 Å². The zero-order valence-corrected chi connectivity index (χ0v) is 13.6. The standard InChI is InChI=1S/C15H20N2O7/c1-20-5-6-22-7-8-23-11-3-4-16-12(13(11)18)14-17-10(9-24-14)15(19)21-2/h3-4,10,18H,5-9H2,1-2H3/t10-/m1/s1. The fraction of sp³-hybridized carbons (Fsp3) is 0.533. The Hall–Kier alpha value is -2.39. The number of hydrogen-bond acceptors (Lipinski definition) is 9. The van der Waals surface area contributed by atoms with Crippen LogP contribution in [0, 0.1) is 0 Å². The van der Waals surface area contributed by atoms with Crippen LogP contribution in [0.25, 0.3) is 0 Å². The van der Waals surface area contributed by atoms with Gasteiger partial charge in [0.1, 0.15) is 13.2 Å². The van der Waals surface area contributed by atoms with E-state index in [4.69, 9.17) is 18.9 Å². The predicted octanol–water partition coefficient (Wildman–Crippen LogP) is 0.147. The molecule has 132 valence electrons. The van der Waals surface area contributed by atoms with Crippen LogP contribution in [0.2, 0.25) is 0 Å². The Balaban J connectivity index is 1.97. The molecule has 0 aliphatic carbocycles. The zero-order valence-electron chi connectivity index (χ0n) is 13.6. The first kappa shape index (κ1) is 18.0. The first-order valence-corrected chi connectivity index (χ1v) is 7.33. The van der Waals surface area contributed by atoms with Gasteiger partial charge in [0.25, 0.3) is 0 Å². The lowest BCUT2D eigenvalue weighted by atomic mass is 10.3. The van der Waals surface area contributed by atoms with Gasteiger partial charge in [-0.25, -0.2) is 14.8 Å². The minimum Gasteiger partial charge on any atom is -0.503 e. The molecule has 0 amide bonds. The molecule has 0 spiro atoms. The number of aromatic hydroxyl groups is 1. The van der Waals surface area contributed by atoms with Crippen LogP contribution in [0.5, 0.6) is 11.5 Å². The van der Waals surface area contributed by atoms with E-state index in [1.165, 1.54) is 19.4 Å². The van der Waals surface area contributed by atoms with Crippen LogP contribution in [0.4, 0.5) is 0 Å². The molecule has 0 saturated carbocycles. The second-order valence-electron chi connectivity index (χ2n) is 4.74. The summed E-state index contributed by atoms with van der Waals surface area (Å²) in [6.07, 6.45) is 1.45. The molecule has 9 nitrogen and oxygen atoms in total. The van der Waals surface area contributed by atoms with Gasteiger partial charge in [0, 0.05) is 19.4 Å². The Morgan fingerprint density at radius 2 is 2.12 bits per heavy atom. The summed E-state index contributed by atoms with van der Waals surface area (Å²) < 4.78 is 25.5. The maximum absolute atomic E-state index is 11.5. The molecule has 0 saturated heterocycles. The van der Waals surface area contributed by atoms with Crippen molar-refractivity contribution in [2.75, 3.05) is 47.3 Å². The lowest BCUT2D eigenvalue weighted by Crippen LogP contribution is -2.21. The largest absolute Gasteiger partial charge is 0.503 e. The Morgan fingerprint density at radius 3 is 2.88 bits per heavy atom. The number of aliphatic imine (C=N–C) groups is 1. The molecule has 0 aromatic carbocycles. The summed E-state index contributed by atoms with van der Waals surface area (Å²) in [5.41, 5.74) is 0.110. The smallest absolute Gasteiger partial charge is 0.334 e. The first-order valence-electron chi connectivity index (χ1n) is 7.33. The Kier molecular flexibility index (Phi) is 6.76. The normalized spacial score (nSPS) is 16.4. The molecule has 1 N–H and O–H groups in total. The van der Waals surface area contributed by atoms with Crippen LogP contribution < -0.4 is 4.74 Å². The van der Waals surface area contributed by atoms with E-state index < -0.39 is 12.0 Å². The predicted molar refractivity (Wildman–Crippen MR) is 82.4 cm³/mol. The topological polar surface area (TPSA) is 109 Å². The van der Waals surface area contributed by atoms with Crippen LogP contribution in [0.1, 0.15) is 5.69 Å². The third kappa shape index (κ3) is 4.56. The Bertz CT molecular complexity index is 591. The summed E-state index contributed by atoms with van der Waals surface area (Å²) in [6, 6.07) is 0.756. The zero-order chi connectivity index (χ0) is 17.4. The van der Waals surface area contributed by atoms with Gasteiger partial charge in [-0.1, -0.05) is 0 Å². The molecule has 1 aromatic rings. The lowest BCUT2D eigenvalue weighted by Gasteiger charge is -2.10. The van der Waals surface area contributed by atoms with Gasteiger partial charge in [0.05, 0.1) is 26.9 Å². The van der Waals surface area contributed by atoms with Crippen molar-refractivity contribution in [3.63, 3.8) is 0 Å². The van der Waals surface area contributed by atoms with Gasteiger partial charge in [-0.05, 0) is 0 Å². The maximum Gasteiger partial charge on any atom is 0.334 e. The molecule has 1 aliphatic rings. The number of esters is 1. The van der Waals surface area contributed by atoms with Crippen molar-refractivity contribution in [1.82, 2.24) is 4.98 Å². The van der Waals surface area contributed by atoms with Crippen LogP contribution in [-0.4, -0.2) is 75.3 Å². The minimum atomic E-state index is -0.759. The Morgan fingerprint density at radius 1 is 1.33 bits per heavy atom. The van der Waals surface area contributed by atoms with E-state index in [9.17, 15) is 9.90 Å². The summed E-state index contributed by atoms with van der Waals surface area (Å²) in [6.45, 7) is 1.61. The molecule has 1 aromatic heterocycles. The number of nitrogens with zero attached hydrogens (tertiary/aromatic N) is 2. The minimum absolute atomic E-state index is 0.0432. The SMILES string of the molecule is COCCOCCOc1ccnc(C2=N[C@@H](C(=O)OC)CO2)c1O. The summed E-state index contributed by atoms with van der Waals surface area (Å²) >= 11 is 0. The van der Waals surface area contributed by atoms with Crippen molar-refractivity contribution in [2.45, 2.75) is 6.04 Å².